The van der Waals surface area contributed by atoms with Crippen molar-refractivity contribution in [1.29, 1.82) is 0 Å². The standard InChI is InChI=1S/C14H24I2O4/c1-3-11(15)13(17)19-9-7-5-6-8-10-20-14(18)12(16)4-2/h11-12H,3-10H2,1-2H3. The molecular weight excluding hydrogens is 486 g/mol. The highest BCUT2D eigenvalue weighted by Crippen LogP contribution is 2.10. The molecule has 0 spiro atoms. The molecule has 0 aromatic carbocycles. The van der Waals surface area contributed by atoms with Crippen LogP contribution in [0.1, 0.15) is 52.4 Å². The van der Waals surface area contributed by atoms with Gasteiger partial charge in [-0.15, -0.1) is 0 Å². The number of alkyl halides is 2. The first-order valence-corrected chi connectivity index (χ1v) is 9.63. The average Bonchev–Trinajstić information content (AvgIpc) is 2.47. The van der Waals surface area contributed by atoms with Gasteiger partial charge in [0.2, 0.25) is 0 Å². The summed E-state index contributed by atoms with van der Waals surface area (Å²) < 4.78 is 10.2. The number of esters is 2. The molecule has 0 aliphatic carbocycles. The van der Waals surface area contributed by atoms with Crippen LogP contribution in [0.5, 0.6) is 0 Å². The highest BCUT2D eigenvalue weighted by Gasteiger charge is 2.13. The van der Waals surface area contributed by atoms with Gasteiger partial charge >= 0.3 is 11.9 Å². The molecule has 0 heterocycles. The van der Waals surface area contributed by atoms with Gasteiger partial charge in [-0.05, 0) is 38.5 Å². The number of carbonyl (C=O) groups excluding carboxylic acids is 2. The quantitative estimate of drug-likeness (QED) is 0.182. The van der Waals surface area contributed by atoms with Crippen LogP contribution in [-0.4, -0.2) is 33.0 Å². The van der Waals surface area contributed by atoms with Crippen molar-refractivity contribution >= 4 is 57.1 Å². The van der Waals surface area contributed by atoms with Crippen LogP contribution in [0.2, 0.25) is 0 Å². The predicted octanol–water partition coefficient (Wildman–Crippen LogP) is 4.06. The highest BCUT2D eigenvalue weighted by molar-refractivity contribution is 14.1. The van der Waals surface area contributed by atoms with Gasteiger partial charge in [0.1, 0.15) is 7.85 Å². The first kappa shape index (κ1) is 20.4. The monoisotopic (exact) mass is 510 g/mol. The van der Waals surface area contributed by atoms with Crippen molar-refractivity contribution in [2.24, 2.45) is 0 Å². The van der Waals surface area contributed by atoms with Crippen LogP contribution in [0, 0.1) is 0 Å². The Kier molecular flexibility index (Phi) is 13.4. The maximum Gasteiger partial charge on any atom is 0.318 e. The summed E-state index contributed by atoms with van der Waals surface area (Å²) in [6.07, 6.45) is 5.34. The molecular formula is C14H24I2O4. The van der Waals surface area contributed by atoms with Crippen molar-refractivity contribution in [2.45, 2.75) is 60.2 Å². The van der Waals surface area contributed by atoms with Crippen molar-refractivity contribution in [2.75, 3.05) is 13.2 Å². The van der Waals surface area contributed by atoms with Crippen LogP contribution in [0.25, 0.3) is 0 Å². The van der Waals surface area contributed by atoms with Crippen LogP contribution in [0.4, 0.5) is 0 Å². The third-order valence-electron chi connectivity index (χ3n) is 2.76. The summed E-state index contributed by atoms with van der Waals surface area (Å²) in [5.74, 6) is -0.232. The van der Waals surface area contributed by atoms with E-state index < -0.39 is 0 Å². The third kappa shape index (κ3) is 10.2. The van der Waals surface area contributed by atoms with Gasteiger partial charge in [-0.25, -0.2) is 0 Å². The molecule has 4 nitrogen and oxygen atoms in total. The van der Waals surface area contributed by atoms with Crippen molar-refractivity contribution in [3.8, 4) is 0 Å². The molecule has 0 N–H and O–H groups in total. The van der Waals surface area contributed by atoms with E-state index in [0.717, 1.165) is 38.5 Å². The molecule has 0 aromatic rings. The van der Waals surface area contributed by atoms with E-state index in [9.17, 15) is 9.59 Å². The Morgan fingerprint density at radius 3 is 1.45 bits per heavy atom. The molecule has 2 unspecified atom stereocenters. The smallest absolute Gasteiger partial charge is 0.318 e. The minimum Gasteiger partial charge on any atom is -0.465 e. The zero-order valence-electron chi connectivity index (χ0n) is 12.2. The van der Waals surface area contributed by atoms with Crippen LogP contribution in [0.3, 0.4) is 0 Å². The zero-order chi connectivity index (χ0) is 15.4. The van der Waals surface area contributed by atoms with E-state index in [0.29, 0.717) is 13.2 Å². The number of hydrogen-bond acceptors (Lipinski definition) is 4. The zero-order valence-corrected chi connectivity index (χ0v) is 16.5. The molecule has 0 saturated heterocycles. The fourth-order valence-corrected chi connectivity index (χ4v) is 1.78. The number of rotatable bonds is 11. The first-order chi connectivity index (χ1) is 9.52. The largest absolute Gasteiger partial charge is 0.465 e. The van der Waals surface area contributed by atoms with E-state index in [-0.39, 0.29) is 19.8 Å². The second kappa shape index (κ2) is 13.1. The summed E-state index contributed by atoms with van der Waals surface area (Å²) in [6.45, 7) is 4.92. The molecule has 0 radical (unpaired) electrons. The Hall–Kier alpha value is 0.400. The molecule has 118 valence electrons. The summed E-state index contributed by atoms with van der Waals surface area (Å²) >= 11 is 4.20. The molecule has 6 heteroatoms. The number of halogens is 2. The Bertz CT molecular complexity index is 256. The van der Waals surface area contributed by atoms with Gasteiger partial charge in [0.15, 0.2) is 0 Å². The molecule has 0 bridgehead atoms. The van der Waals surface area contributed by atoms with Gasteiger partial charge in [0, 0.05) is 0 Å². The molecule has 0 aromatic heterocycles. The summed E-state index contributed by atoms with van der Waals surface area (Å²) in [5, 5.41) is 0. The van der Waals surface area contributed by atoms with Crippen LogP contribution < -0.4 is 0 Å². The molecule has 0 rings (SSSR count). The fraction of sp³-hybridized carbons (Fsp3) is 0.857. The van der Waals surface area contributed by atoms with Gasteiger partial charge in [-0.3, -0.25) is 9.59 Å². The summed E-state index contributed by atoms with van der Waals surface area (Å²) in [7, 11) is 0. The van der Waals surface area contributed by atoms with Crippen LogP contribution in [-0.2, 0) is 19.1 Å². The second-order valence-electron chi connectivity index (χ2n) is 4.50. The predicted molar refractivity (Wildman–Crippen MR) is 96.6 cm³/mol. The average molecular weight is 510 g/mol. The fourth-order valence-electron chi connectivity index (χ4n) is 1.42. The Morgan fingerprint density at radius 1 is 0.800 bits per heavy atom. The van der Waals surface area contributed by atoms with Crippen molar-refractivity contribution in [1.82, 2.24) is 0 Å². The Balaban J connectivity index is 3.37. The lowest BCUT2D eigenvalue weighted by Crippen LogP contribution is -2.17. The van der Waals surface area contributed by atoms with E-state index >= 15 is 0 Å². The van der Waals surface area contributed by atoms with Crippen LogP contribution in [0.15, 0.2) is 0 Å². The molecule has 0 saturated carbocycles. The number of unbranched alkanes of at least 4 members (excludes halogenated alkanes) is 3. The van der Waals surface area contributed by atoms with E-state index in [1.807, 2.05) is 13.8 Å². The maximum atomic E-state index is 11.4. The second-order valence-corrected chi connectivity index (χ2v) is 7.51. The van der Waals surface area contributed by atoms with E-state index in [1.54, 1.807) is 0 Å². The first-order valence-electron chi connectivity index (χ1n) is 7.14. The van der Waals surface area contributed by atoms with Gasteiger partial charge < -0.3 is 9.47 Å². The lowest BCUT2D eigenvalue weighted by atomic mass is 10.2. The number of carbonyl (C=O) groups is 2. The van der Waals surface area contributed by atoms with Gasteiger partial charge in [-0.1, -0.05) is 59.0 Å². The van der Waals surface area contributed by atoms with Gasteiger partial charge in [0.25, 0.3) is 0 Å². The molecule has 2 atom stereocenters. The minimum atomic E-state index is -0.116. The summed E-state index contributed by atoms with van der Waals surface area (Å²) in [6, 6.07) is 0. The molecule has 0 amide bonds. The number of hydrogen-bond donors (Lipinski definition) is 0. The van der Waals surface area contributed by atoms with Crippen molar-refractivity contribution in [3.63, 3.8) is 0 Å². The Labute approximate surface area is 149 Å². The molecule has 0 aliphatic rings. The Morgan fingerprint density at radius 2 is 1.15 bits per heavy atom. The SMILES string of the molecule is CCC(I)C(=O)OCCCCCCOC(=O)C(I)CC. The number of ether oxygens (including phenoxy) is 2. The van der Waals surface area contributed by atoms with Crippen molar-refractivity contribution in [3.05, 3.63) is 0 Å². The van der Waals surface area contributed by atoms with E-state index in [1.165, 1.54) is 0 Å². The molecule has 0 aliphatic heterocycles. The maximum absolute atomic E-state index is 11.4. The van der Waals surface area contributed by atoms with E-state index in [2.05, 4.69) is 45.2 Å². The lowest BCUT2D eigenvalue weighted by molar-refractivity contribution is -0.143. The minimum absolute atomic E-state index is 0.0354. The van der Waals surface area contributed by atoms with Gasteiger partial charge in [0.05, 0.1) is 13.2 Å². The normalized spacial score (nSPS) is 13.6. The molecule has 0 fully saturated rings. The molecule has 20 heavy (non-hydrogen) atoms. The van der Waals surface area contributed by atoms with Crippen LogP contribution >= 0.6 is 45.2 Å². The lowest BCUT2D eigenvalue weighted by Gasteiger charge is -2.09. The third-order valence-corrected chi connectivity index (χ3v) is 5.53. The van der Waals surface area contributed by atoms with Gasteiger partial charge in [-0.2, -0.15) is 0 Å². The highest BCUT2D eigenvalue weighted by atomic mass is 127. The summed E-state index contributed by atoms with van der Waals surface area (Å²) in [4.78, 5) is 22.8. The van der Waals surface area contributed by atoms with E-state index in [4.69, 9.17) is 9.47 Å². The summed E-state index contributed by atoms with van der Waals surface area (Å²) in [5.41, 5.74) is 0. The van der Waals surface area contributed by atoms with Crippen molar-refractivity contribution < 1.29 is 19.1 Å². The topological polar surface area (TPSA) is 52.6 Å².